The Balaban J connectivity index is 1.67. The van der Waals surface area contributed by atoms with Gasteiger partial charge in [0, 0.05) is 41.4 Å². The molecule has 4 nitrogen and oxygen atoms in total. The number of hydrogen-bond donors (Lipinski definition) is 2. The summed E-state index contributed by atoms with van der Waals surface area (Å²) >= 11 is 1.61. The number of aromatic amines is 1. The summed E-state index contributed by atoms with van der Waals surface area (Å²) in [5.74, 6) is -0.273. The first-order valence-corrected chi connectivity index (χ1v) is 10.9. The van der Waals surface area contributed by atoms with Crippen LogP contribution in [0.4, 0.5) is 4.39 Å². The lowest BCUT2D eigenvalue weighted by molar-refractivity contribution is 0.288. The van der Waals surface area contributed by atoms with Crippen molar-refractivity contribution in [1.29, 1.82) is 0 Å². The largest absolute Gasteiger partial charge is 0.396 e. The maximum Gasteiger partial charge on any atom is 0.138 e. The topological polar surface area (TPSA) is 61.8 Å². The van der Waals surface area contributed by atoms with Crippen LogP contribution in [0.3, 0.4) is 0 Å². The predicted octanol–water partition coefficient (Wildman–Crippen LogP) is 6.08. The van der Waals surface area contributed by atoms with Crippen molar-refractivity contribution in [3.63, 3.8) is 0 Å². The highest BCUT2D eigenvalue weighted by Crippen LogP contribution is 2.41. The number of fused-ring (bicyclic) bond motifs is 1. The highest BCUT2D eigenvalue weighted by atomic mass is 32.1. The standard InChI is InChI=1S/C25H20FN3OS/c26-18-10-8-17(9-11-18)23-24(31-22(29-23)7-4-14-30)19-12-13-27-25-20(19)15-21(28-25)16-5-2-1-3-6-16/h1-3,5-6,8-13,15,30H,4,7,14H2,(H,27,28). The lowest BCUT2D eigenvalue weighted by Crippen LogP contribution is -1.89. The van der Waals surface area contributed by atoms with E-state index in [1.807, 2.05) is 24.3 Å². The molecule has 6 heteroatoms. The van der Waals surface area contributed by atoms with Crippen LogP contribution >= 0.6 is 11.3 Å². The van der Waals surface area contributed by atoms with Gasteiger partial charge in [-0.3, -0.25) is 0 Å². The zero-order chi connectivity index (χ0) is 21.2. The highest BCUT2D eigenvalue weighted by Gasteiger charge is 2.18. The molecule has 0 bridgehead atoms. The summed E-state index contributed by atoms with van der Waals surface area (Å²) in [6, 6.07) is 20.7. The van der Waals surface area contributed by atoms with Crippen LogP contribution in [0.25, 0.3) is 44.0 Å². The first-order valence-electron chi connectivity index (χ1n) is 10.1. The van der Waals surface area contributed by atoms with Crippen molar-refractivity contribution >= 4 is 22.4 Å². The highest BCUT2D eigenvalue weighted by molar-refractivity contribution is 7.15. The summed E-state index contributed by atoms with van der Waals surface area (Å²) < 4.78 is 13.5. The van der Waals surface area contributed by atoms with Crippen LogP contribution in [0.2, 0.25) is 0 Å². The summed E-state index contributed by atoms with van der Waals surface area (Å²) in [5, 5.41) is 11.2. The summed E-state index contributed by atoms with van der Waals surface area (Å²) in [6.45, 7) is 0.124. The summed E-state index contributed by atoms with van der Waals surface area (Å²) in [5.41, 5.74) is 5.64. The average Bonchev–Trinajstić information content (AvgIpc) is 3.43. The van der Waals surface area contributed by atoms with Crippen LogP contribution in [0.15, 0.2) is 72.9 Å². The van der Waals surface area contributed by atoms with Gasteiger partial charge in [0.2, 0.25) is 0 Å². The second-order valence-corrected chi connectivity index (χ2v) is 8.37. The van der Waals surface area contributed by atoms with Gasteiger partial charge in [0.1, 0.15) is 11.5 Å². The SMILES string of the molecule is OCCCc1nc(-c2ccc(F)cc2)c(-c2ccnc3[nH]c(-c4ccccc4)cc23)s1. The molecular formula is C25H20FN3OS. The second kappa shape index (κ2) is 8.41. The molecule has 0 aliphatic rings. The normalized spacial score (nSPS) is 11.3. The Hall–Kier alpha value is -3.35. The van der Waals surface area contributed by atoms with Crippen LogP contribution in [0, 0.1) is 5.82 Å². The van der Waals surface area contributed by atoms with Crippen LogP contribution in [-0.4, -0.2) is 26.7 Å². The van der Waals surface area contributed by atoms with E-state index in [0.717, 1.165) is 49.0 Å². The van der Waals surface area contributed by atoms with Gasteiger partial charge in [-0.1, -0.05) is 30.3 Å². The van der Waals surface area contributed by atoms with Crippen molar-refractivity contribution in [2.45, 2.75) is 12.8 Å². The van der Waals surface area contributed by atoms with E-state index in [2.05, 4.69) is 28.2 Å². The number of H-pyrrole nitrogens is 1. The van der Waals surface area contributed by atoms with Gasteiger partial charge >= 0.3 is 0 Å². The maximum absolute atomic E-state index is 13.5. The van der Waals surface area contributed by atoms with Gasteiger partial charge in [-0.05, 0) is 48.4 Å². The third kappa shape index (κ3) is 3.87. The molecule has 31 heavy (non-hydrogen) atoms. The van der Waals surface area contributed by atoms with E-state index in [1.165, 1.54) is 12.1 Å². The average molecular weight is 430 g/mol. The monoisotopic (exact) mass is 429 g/mol. The predicted molar refractivity (Wildman–Crippen MR) is 123 cm³/mol. The number of nitrogens with one attached hydrogen (secondary N) is 1. The smallest absolute Gasteiger partial charge is 0.138 e. The van der Waals surface area contributed by atoms with Gasteiger partial charge < -0.3 is 10.1 Å². The molecule has 0 saturated carbocycles. The fourth-order valence-electron chi connectivity index (χ4n) is 3.69. The number of aliphatic hydroxyl groups excluding tert-OH is 1. The van der Waals surface area contributed by atoms with Crippen molar-refractivity contribution < 1.29 is 9.50 Å². The van der Waals surface area contributed by atoms with Gasteiger partial charge in [0.25, 0.3) is 0 Å². The molecule has 2 N–H and O–H groups in total. The number of thiazole rings is 1. The fourth-order valence-corrected chi connectivity index (χ4v) is 4.85. The number of rotatable bonds is 6. The number of pyridine rings is 1. The molecule has 0 fully saturated rings. The number of hydrogen-bond acceptors (Lipinski definition) is 4. The Morgan fingerprint density at radius 1 is 0.968 bits per heavy atom. The molecular weight excluding hydrogens is 409 g/mol. The molecule has 2 aromatic carbocycles. The molecule has 5 aromatic rings. The van der Waals surface area contributed by atoms with Crippen molar-refractivity contribution in [3.8, 4) is 33.0 Å². The minimum atomic E-state index is -0.273. The van der Waals surface area contributed by atoms with E-state index in [9.17, 15) is 9.50 Å². The Labute approximate surface area is 183 Å². The van der Waals surface area contributed by atoms with Gasteiger partial charge in [-0.15, -0.1) is 11.3 Å². The fraction of sp³-hybridized carbons (Fsp3) is 0.120. The molecule has 154 valence electrons. The summed E-state index contributed by atoms with van der Waals surface area (Å²) in [6.07, 6.45) is 3.15. The van der Waals surface area contributed by atoms with Crippen molar-refractivity contribution in [1.82, 2.24) is 15.0 Å². The van der Waals surface area contributed by atoms with Crippen LogP contribution < -0.4 is 0 Å². The molecule has 5 rings (SSSR count). The lowest BCUT2D eigenvalue weighted by Gasteiger charge is -2.04. The maximum atomic E-state index is 13.5. The van der Waals surface area contributed by atoms with Gasteiger partial charge in [0.15, 0.2) is 0 Å². The summed E-state index contributed by atoms with van der Waals surface area (Å²) in [7, 11) is 0. The zero-order valence-electron chi connectivity index (χ0n) is 16.7. The minimum Gasteiger partial charge on any atom is -0.396 e. The number of halogens is 1. The number of aliphatic hydroxyl groups is 1. The van der Waals surface area contributed by atoms with Crippen molar-refractivity contribution in [3.05, 3.63) is 83.8 Å². The quantitative estimate of drug-likeness (QED) is 0.344. The van der Waals surface area contributed by atoms with Gasteiger partial charge in [0.05, 0.1) is 15.6 Å². The molecule has 3 aromatic heterocycles. The van der Waals surface area contributed by atoms with E-state index < -0.39 is 0 Å². The Morgan fingerprint density at radius 2 is 1.77 bits per heavy atom. The van der Waals surface area contributed by atoms with E-state index >= 15 is 0 Å². The number of aryl methyl sites for hydroxylation is 1. The zero-order valence-corrected chi connectivity index (χ0v) is 17.5. The first kappa shape index (κ1) is 19.6. The Kier molecular flexibility index (Phi) is 5.32. The second-order valence-electron chi connectivity index (χ2n) is 7.29. The molecule has 0 spiro atoms. The molecule has 3 heterocycles. The molecule has 0 aliphatic carbocycles. The molecule has 0 unspecified atom stereocenters. The van der Waals surface area contributed by atoms with E-state index in [4.69, 9.17) is 4.98 Å². The van der Waals surface area contributed by atoms with Crippen molar-refractivity contribution in [2.75, 3.05) is 6.61 Å². The molecule has 0 saturated heterocycles. The van der Waals surface area contributed by atoms with E-state index in [1.54, 1.807) is 29.7 Å². The molecule has 0 atom stereocenters. The summed E-state index contributed by atoms with van der Waals surface area (Å²) in [4.78, 5) is 13.8. The van der Waals surface area contributed by atoms with Crippen LogP contribution in [-0.2, 0) is 6.42 Å². The third-order valence-corrected chi connectivity index (χ3v) is 6.35. The molecule has 0 amide bonds. The van der Waals surface area contributed by atoms with Crippen LogP contribution in [0.1, 0.15) is 11.4 Å². The van der Waals surface area contributed by atoms with Crippen molar-refractivity contribution in [2.24, 2.45) is 0 Å². The third-order valence-electron chi connectivity index (χ3n) is 5.20. The lowest BCUT2D eigenvalue weighted by atomic mass is 10.0. The Morgan fingerprint density at radius 3 is 2.55 bits per heavy atom. The van der Waals surface area contributed by atoms with E-state index in [0.29, 0.717) is 12.8 Å². The molecule has 0 radical (unpaired) electrons. The molecule has 0 aliphatic heterocycles. The number of nitrogens with zero attached hydrogens (tertiary/aromatic N) is 2. The minimum absolute atomic E-state index is 0.124. The number of benzene rings is 2. The first-order chi connectivity index (χ1) is 15.2. The van der Waals surface area contributed by atoms with E-state index in [-0.39, 0.29) is 12.4 Å². The number of aromatic nitrogens is 3. The van der Waals surface area contributed by atoms with Gasteiger partial charge in [-0.25, -0.2) is 14.4 Å². The van der Waals surface area contributed by atoms with Crippen LogP contribution in [0.5, 0.6) is 0 Å². The van der Waals surface area contributed by atoms with Gasteiger partial charge in [-0.2, -0.15) is 0 Å². The Bertz CT molecular complexity index is 1330.